The zero-order valence-corrected chi connectivity index (χ0v) is 31.1. The molecule has 54 heavy (non-hydrogen) atoms. The number of hydrogen-bond donors (Lipinski definition) is 0. The van der Waals surface area contributed by atoms with E-state index < -0.39 is 0 Å². The summed E-state index contributed by atoms with van der Waals surface area (Å²) in [4.78, 5) is 15.3. The minimum absolute atomic E-state index is 0.602. The van der Waals surface area contributed by atoms with Crippen molar-refractivity contribution in [1.82, 2.24) is 15.0 Å². The molecular formula is C45H34B5N3O. The van der Waals surface area contributed by atoms with E-state index >= 15 is 0 Å². The molecule has 9 rings (SSSR count). The molecule has 0 unspecified atom stereocenters. The van der Waals surface area contributed by atoms with E-state index in [-0.39, 0.29) is 0 Å². The van der Waals surface area contributed by atoms with E-state index in [1.165, 1.54) is 49.6 Å². The number of hydrogen-bond acceptors (Lipinski definition) is 4. The van der Waals surface area contributed by atoms with Crippen molar-refractivity contribution in [2.45, 2.75) is 0 Å². The Labute approximate surface area is 319 Å². The van der Waals surface area contributed by atoms with Crippen molar-refractivity contribution in [3.63, 3.8) is 0 Å². The molecule has 7 aromatic carbocycles. The molecule has 0 atom stereocenters. The van der Waals surface area contributed by atoms with Crippen molar-refractivity contribution < 1.29 is 4.42 Å². The second-order valence-corrected chi connectivity index (χ2v) is 14.2. The van der Waals surface area contributed by atoms with E-state index in [2.05, 4.69) is 136 Å². The monoisotopic (exact) mass is 687 g/mol. The molecule has 0 amide bonds. The summed E-state index contributed by atoms with van der Waals surface area (Å²) in [6, 6.07) is 50.5. The fourth-order valence-electron chi connectivity index (χ4n) is 7.74. The summed E-state index contributed by atoms with van der Waals surface area (Å²) in [6.45, 7) is 0. The van der Waals surface area contributed by atoms with Gasteiger partial charge < -0.3 is 4.42 Å². The van der Waals surface area contributed by atoms with Crippen molar-refractivity contribution in [2.24, 2.45) is 0 Å². The molecule has 0 aliphatic rings. The Morgan fingerprint density at radius 2 is 0.815 bits per heavy atom. The Bertz CT molecular complexity index is 2830. The maximum absolute atomic E-state index is 6.44. The van der Waals surface area contributed by atoms with E-state index in [1.54, 1.807) is 0 Å². The third-order valence-corrected chi connectivity index (χ3v) is 11.2. The summed E-state index contributed by atoms with van der Waals surface area (Å²) in [5.74, 6) is 1.85. The topological polar surface area (TPSA) is 51.8 Å². The first-order chi connectivity index (χ1) is 26.3. The van der Waals surface area contributed by atoms with Crippen LogP contribution in [0.1, 0.15) is 0 Å². The number of rotatable bonds is 6. The van der Waals surface area contributed by atoms with Crippen molar-refractivity contribution in [3.05, 3.63) is 146 Å². The van der Waals surface area contributed by atoms with Gasteiger partial charge in [0.15, 0.2) is 17.5 Å². The summed E-state index contributed by atoms with van der Waals surface area (Å²) in [5, 5.41) is 2.00. The van der Waals surface area contributed by atoms with Crippen LogP contribution in [-0.2, 0) is 0 Å². The molecule has 0 saturated carbocycles. The summed E-state index contributed by atoms with van der Waals surface area (Å²) in [7, 11) is 11.1. The van der Waals surface area contributed by atoms with Crippen LogP contribution in [0.25, 0.3) is 89.5 Å². The maximum atomic E-state index is 6.44. The first-order valence-electron chi connectivity index (χ1n) is 18.4. The van der Waals surface area contributed by atoms with Gasteiger partial charge in [0.05, 0.1) is 0 Å². The lowest BCUT2D eigenvalue weighted by Gasteiger charge is -2.20. The van der Waals surface area contributed by atoms with Gasteiger partial charge in [-0.3, -0.25) is 0 Å². The molecule has 0 fully saturated rings. The molecule has 2 aromatic heterocycles. The van der Waals surface area contributed by atoms with Crippen LogP contribution < -0.4 is 27.3 Å². The number of furan rings is 1. The average molecular weight is 687 g/mol. The predicted molar refractivity (Wildman–Crippen MR) is 241 cm³/mol. The molecule has 250 valence electrons. The fraction of sp³-hybridized carbons (Fsp3) is 0. The minimum atomic E-state index is 0.602. The standard InChI is InChI=1S/C45H34B5N3O/c46-38-36(39(47)41(49)42(50)40(38)48)28-18-20-30(21-19-28)44-51-43(29-10-5-2-6-11-29)52-45(53-44)32-12-7-13-35-37(32)33-24-31(22-23-34(33)54-35)27-16-14-26(15-17-27)25-8-3-1-4-9-25/h1-24H,46-50H2. The highest BCUT2D eigenvalue weighted by atomic mass is 16.3. The summed E-state index contributed by atoms with van der Waals surface area (Å²) in [5.41, 5.74) is 18.2. The van der Waals surface area contributed by atoms with Gasteiger partial charge in [-0.25, -0.2) is 15.0 Å². The minimum Gasteiger partial charge on any atom is -0.456 e. The van der Waals surface area contributed by atoms with E-state index in [4.69, 9.17) is 19.4 Å². The largest absolute Gasteiger partial charge is 0.456 e. The molecule has 0 aliphatic carbocycles. The highest BCUT2D eigenvalue weighted by Gasteiger charge is 2.19. The highest BCUT2D eigenvalue weighted by Crippen LogP contribution is 2.38. The van der Waals surface area contributed by atoms with Crippen LogP contribution in [0.15, 0.2) is 150 Å². The molecule has 2 heterocycles. The number of benzene rings is 7. The molecule has 0 spiro atoms. The third kappa shape index (κ3) is 5.86. The SMILES string of the molecule is Bc1c(B)c(B)c(-c2ccc(-c3nc(-c4ccccc4)nc(-c4cccc5oc6ccc(-c7ccc(-c8ccccc8)cc7)cc6c45)n3)cc2)c(B)c1B. The van der Waals surface area contributed by atoms with Gasteiger partial charge in [0.25, 0.3) is 0 Å². The quantitative estimate of drug-likeness (QED) is 0.253. The van der Waals surface area contributed by atoms with E-state index in [1.807, 2.05) is 48.5 Å². The van der Waals surface area contributed by atoms with Gasteiger partial charge in [0, 0.05) is 27.5 Å². The van der Waals surface area contributed by atoms with Crippen LogP contribution in [-0.4, -0.2) is 54.2 Å². The van der Waals surface area contributed by atoms with Gasteiger partial charge in [-0.1, -0.05) is 138 Å². The Balaban J connectivity index is 1.17. The summed E-state index contributed by atoms with van der Waals surface area (Å²) in [6.07, 6.45) is 0. The first kappa shape index (κ1) is 33.5. The lowest BCUT2D eigenvalue weighted by atomic mass is 9.59. The molecule has 0 bridgehead atoms. The van der Waals surface area contributed by atoms with Crippen molar-refractivity contribution >= 4 is 88.5 Å². The molecule has 0 aliphatic heterocycles. The zero-order chi connectivity index (χ0) is 36.9. The van der Waals surface area contributed by atoms with Gasteiger partial charge in [0.1, 0.15) is 50.4 Å². The third-order valence-electron chi connectivity index (χ3n) is 11.2. The van der Waals surface area contributed by atoms with Crippen LogP contribution in [0.5, 0.6) is 0 Å². The van der Waals surface area contributed by atoms with Crippen molar-refractivity contribution in [2.75, 3.05) is 0 Å². The number of nitrogens with zero attached hydrogens (tertiary/aromatic N) is 3. The smallest absolute Gasteiger partial charge is 0.164 e. The average Bonchev–Trinajstić information content (AvgIpc) is 3.61. The lowest BCUT2D eigenvalue weighted by molar-refractivity contribution is 0.669. The summed E-state index contributed by atoms with van der Waals surface area (Å²) >= 11 is 0. The fourth-order valence-corrected chi connectivity index (χ4v) is 7.74. The molecule has 9 aromatic rings. The van der Waals surface area contributed by atoms with Gasteiger partial charge in [0.2, 0.25) is 0 Å². The highest BCUT2D eigenvalue weighted by molar-refractivity contribution is 6.68. The van der Waals surface area contributed by atoms with Crippen LogP contribution in [0.4, 0.5) is 0 Å². The van der Waals surface area contributed by atoms with Gasteiger partial charge in [-0.15, -0.1) is 16.4 Å². The number of fused-ring (bicyclic) bond motifs is 3. The molecule has 0 N–H and O–H groups in total. The Morgan fingerprint density at radius 3 is 1.44 bits per heavy atom. The molecule has 4 nitrogen and oxygen atoms in total. The van der Waals surface area contributed by atoms with E-state index in [0.29, 0.717) is 17.5 Å². The Hall–Kier alpha value is -6.33. The van der Waals surface area contributed by atoms with Gasteiger partial charge >= 0.3 is 0 Å². The van der Waals surface area contributed by atoms with Gasteiger partial charge in [-0.05, 0) is 51.6 Å². The van der Waals surface area contributed by atoms with Crippen LogP contribution in [0.2, 0.25) is 0 Å². The lowest BCUT2D eigenvalue weighted by Crippen LogP contribution is -2.55. The van der Waals surface area contributed by atoms with E-state index in [9.17, 15) is 0 Å². The zero-order valence-electron chi connectivity index (χ0n) is 31.1. The van der Waals surface area contributed by atoms with Crippen molar-refractivity contribution in [3.8, 4) is 67.5 Å². The molecule has 0 saturated heterocycles. The Morgan fingerprint density at radius 1 is 0.352 bits per heavy atom. The maximum Gasteiger partial charge on any atom is 0.164 e. The Kier molecular flexibility index (Phi) is 8.43. The molecule has 9 heteroatoms. The van der Waals surface area contributed by atoms with E-state index in [0.717, 1.165) is 49.8 Å². The number of aromatic nitrogens is 3. The molecular weight excluding hydrogens is 653 g/mol. The van der Waals surface area contributed by atoms with Crippen LogP contribution >= 0.6 is 0 Å². The second-order valence-electron chi connectivity index (χ2n) is 14.2. The van der Waals surface area contributed by atoms with Crippen LogP contribution in [0.3, 0.4) is 0 Å². The second kappa shape index (κ2) is 13.6. The van der Waals surface area contributed by atoms with Gasteiger partial charge in [-0.2, -0.15) is 0 Å². The van der Waals surface area contributed by atoms with Crippen LogP contribution in [0, 0.1) is 0 Å². The summed E-state index contributed by atoms with van der Waals surface area (Å²) < 4.78 is 6.44. The predicted octanol–water partition coefficient (Wildman–Crippen LogP) is 3.07. The first-order valence-corrected chi connectivity index (χ1v) is 18.4. The molecule has 0 radical (unpaired) electrons. The normalized spacial score (nSPS) is 11.3. The van der Waals surface area contributed by atoms with Crippen molar-refractivity contribution in [1.29, 1.82) is 0 Å².